The first-order valence-electron chi connectivity index (χ1n) is 4.67. The Morgan fingerprint density at radius 1 is 1.28 bits per heavy atom. The first-order valence-corrected chi connectivity index (χ1v) is 7.10. The van der Waals surface area contributed by atoms with E-state index in [1.165, 1.54) is 23.5 Å². The minimum atomic E-state index is -0.699. The number of carbonyl (C=O) groups excluding carboxylic acids is 1. The maximum Gasteiger partial charge on any atom is 0.256 e. The Labute approximate surface area is 125 Å². The second-order valence-corrected chi connectivity index (χ2v) is 6.45. The van der Waals surface area contributed by atoms with Crippen molar-refractivity contribution in [3.05, 3.63) is 48.8 Å². The lowest BCUT2D eigenvalue weighted by atomic mass is 10.2. The van der Waals surface area contributed by atoms with E-state index in [0.717, 1.165) is 3.79 Å². The summed E-state index contributed by atoms with van der Waals surface area (Å²) in [6.07, 6.45) is 0. The van der Waals surface area contributed by atoms with Crippen LogP contribution in [-0.2, 0) is 0 Å². The lowest BCUT2D eigenvalue weighted by molar-refractivity contribution is 0.102. The third kappa shape index (κ3) is 3.03. The fourth-order valence-corrected chi connectivity index (χ4v) is 2.88. The van der Waals surface area contributed by atoms with Crippen molar-refractivity contribution < 1.29 is 9.18 Å². The summed E-state index contributed by atoms with van der Waals surface area (Å²) in [5, 5.41) is 4.02. The predicted molar refractivity (Wildman–Crippen MR) is 76.4 cm³/mol. The van der Waals surface area contributed by atoms with E-state index in [1.807, 2.05) is 0 Å². The van der Waals surface area contributed by atoms with Crippen LogP contribution in [-0.4, -0.2) is 5.91 Å². The van der Waals surface area contributed by atoms with Crippen LogP contribution in [0.2, 0.25) is 10.0 Å². The van der Waals surface area contributed by atoms with Crippen LogP contribution in [0.15, 0.2) is 27.4 Å². The average Bonchev–Trinajstić information content (AvgIpc) is 2.72. The lowest BCUT2D eigenvalue weighted by Gasteiger charge is -2.06. The van der Waals surface area contributed by atoms with E-state index in [0.29, 0.717) is 11.3 Å². The molecule has 94 valence electrons. The Kier molecular flexibility index (Phi) is 4.27. The Balaban J connectivity index is 2.22. The van der Waals surface area contributed by atoms with Crippen LogP contribution in [0.1, 0.15) is 10.4 Å². The number of rotatable bonds is 2. The zero-order valence-electron chi connectivity index (χ0n) is 8.64. The highest BCUT2D eigenvalue weighted by atomic mass is 79.9. The van der Waals surface area contributed by atoms with Crippen LogP contribution in [0.5, 0.6) is 0 Å². The predicted octanol–water partition coefficient (Wildman–Crippen LogP) is 5.21. The molecule has 1 N–H and O–H groups in total. The number of hydrogen-bond donors (Lipinski definition) is 1. The van der Waals surface area contributed by atoms with Crippen molar-refractivity contribution in [3.63, 3.8) is 0 Å². The highest BCUT2D eigenvalue weighted by molar-refractivity contribution is 9.11. The van der Waals surface area contributed by atoms with Crippen molar-refractivity contribution in [2.75, 3.05) is 5.32 Å². The molecule has 1 amide bonds. The molecular formula is C11H5BrCl2FNOS. The maximum atomic E-state index is 13.2. The third-order valence-corrected chi connectivity index (χ3v) is 4.13. The topological polar surface area (TPSA) is 29.1 Å². The zero-order valence-corrected chi connectivity index (χ0v) is 12.6. The van der Waals surface area contributed by atoms with E-state index in [9.17, 15) is 9.18 Å². The second-order valence-electron chi connectivity index (χ2n) is 3.35. The molecule has 2 rings (SSSR count). The van der Waals surface area contributed by atoms with Gasteiger partial charge in [-0.25, -0.2) is 4.39 Å². The molecule has 2 aromatic rings. The highest BCUT2D eigenvalue weighted by Crippen LogP contribution is 2.28. The van der Waals surface area contributed by atoms with Gasteiger partial charge >= 0.3 is 0 Å². The van der Waals surface area contributed by atoms with E-state index in [-0.39, 0.29) is 16.0 Å². The molecule has 2 nitrogen and oxygen atoms in total. The number of thiophene rings is 1. The first kappa shape index (κ1) is 13.8. The van der Waals surface area contributed by atoms with Gasteiger partial charge < -0.3 is 5.32 Å². The van der Waals surface area contributed by atoms with Gasteiger partial charge in [-0.3, -0.25) is 4.79 Å². The smallest absolute Gasteiger partial charge is 0.256 e. The van der Waals surface area contributed by atoms with Gasteiger partial charge in [0.25, 0.3) is 5.91 Å². The summed E-state index contributed by atoms with van der Waals surface area (Å²) in [7, 11) is 0. The molecule has 0 fully saturated rings. The SMILES string of the molecule is O=C(Nc1cc(Cl)c(F)c(Cl)c1)c1csc(Br)c1. The molecule has 1 heterocycles. The molecule has 0 bridgehead atoms. The van der Waals surface area contributed by atoms with Gasteiger partial charge in [-0.1, -0.05) is 23.2 Å². The van der Waals surface area contributed by atoms with Crippen molar-refractivity contribution in [2.24, 2.45) is 0 Å². The molecule has 18 heavy (non-hydrogen) atoms. The van der Waals surface area contributed by atoms with Crippen LogP contribution in [0.4, 0.5) is 10.1 Å². The summed E-state index contributed by atoms with van der Waals surface area (Å²) in [6.45, 7) is 0. The minimum absolute atomic E-state index is 0.135. The molecular weight excluding hydrogens is 364 g/mol. The second kappa shape index (κ2) is 5.57. The monoisotopic (exact) mass is 367 g/mol. The Morgan fingerprint density at radius 3 is 2.39 bits per heavy atom. The average molecular weight is 369 g/mol. The molecule has 0 radical (unpaired) electrons. The maximum absolute atomic E-state index is 13.2. The van der Waals surface area contributed by atoms with Crippen LogP contribution >= 0.6 is 50.5 Å². The van der Waals surface area contributed by atoms with E-state index in [1.54, 1.807) is 11.4 Å². The van der Waals surface area contributed by atoms with E-state index in [4.69, 9.17) is 23.2 Å². The number of amides is 1. The largest absolute Gasteiger partial charge is 0.322 e. The van der Waals surface area contributed by atoms with Gasteiger partial charge in [0.15, 0.2) is 5.82 Å². The number of carbonyl (C=O) groups is 1. The summed E-state index contributed by atoms with van der Waals surface area (Å²) < 4.78 is 14.0. The number of halogens is 4. The molecule has 0 saturated carbocycles. The molecule has 0 unspecified atom stereocenters. The summed E-state index contributed by atoms with van der Waals surface area (Å²) >= 11 is 15.9. The standard InChI is InChI=1S/C11H5BrCl2FNOS/c12-9-1-5(4-18-9)11(17)16-6-2-7(13)10(15)8(14)3-6/h1-4H,(H,16,17). The molecule has 0 aliphatic rings. The van der Waals surface area contributed by atoms with Crippen molar-refractivity contribution in [1.82, 2.24) is 0 Å². The normalized spacial score (nSPS) is 10.4. The van der Waals surface area contributed by atoms with Crippen molar-refractivity contribution in [2.45, 2.75) is 0 Å². The number of nitrogens with one attached hydrogen (secondary N) is 1. The lowest BCUT2D eigenvalue weighted by Crippen LogP contribution is -2.10. The number of anilines is 1. The van der Waals surface area contributed by atoms with Gasteiger partial charge in [-0.15, -0.1) is 11.3 Å². The molecule has 1 aromatic heterocycles. The molecule has 0 aliphatic carbocycles. The fraction of sp³-hybridized carbons (Fsp3) is 0. The molecule has 0 aliphatic heterocycles. The van der Waals surface area contributed by atoms with Crippen LogP contribution in [0.25, 0.3) is 0 Å². The summed E-state index contributed by atoms with van der Waals surface area (Å²) in [4.78, 5) is 11.8. The zero-order chi connectivity index (χ0) is 13.3. The van der Waals surface area contributed by atoms with E-state index < -0.39 is 5.82 Å². The van der Waals surface area contributed by atoms with Gasteiger partial charge in [-0.2, -0.15) is 0 Å². The van der Waals surface area contributed by atoms with Gasteiger partial charge in [0.05, 0.1) is 19.4 Å². The van der Waals surface area contributed by atoms with Crippen LogP contribution in [0, 0.1) is 5.82 Å². The van der Waals surface area contributed by atoms with Gasteiger partial charge in [-0.05, 0) is 34.1 Å². The first-order chi connectivity index (χ1) is 8.47. The van der Waals surface area contributed by atoms with Crippen molar-refractivity contribution in [1.29, 1.82) is 0 Å². The van der Waals surface area contributed by atoms with Gasteiger partial charge in [0.1, 0.15) is 0 Å². The van der Waals surface area contributed by atoms with Crippen molar-refractivity contribution >= 4 is 62.1 Å². The minimum Gasteiger partial charge on any atom is -0.322 e. The fourth-order valence-electron chi connectivity index (χ4n) is 1.26. The Hall–Kier alpha value is -0.620. The molecule has 1 aromatic carbocycles. The van der Waals surface area contributed by atoms with Gasteiger partial charge in [0.2, 0.25) is 0 Å². The molecule has 0 atom stereocenters. The summed E-state index contributed by atoms with van der Waals surface area (Å²) in [5.41, 5.74) is 0.849. The summed E-state index contributed by atoms with van der Waals surface area (Å²) in [5.74, 6) is -1.01. The summed E-state index contributed by atoms with van der Waals surface area (Å²) in [6, 6.07) is 4.30. The Morgan fingerprint density at radius 2 is 1.89 bits per heavy atom. The number of hydrogen-bond acceptors (Lipinski definition) is 2. The Bertz CT molecular complexity index is 594. The molecule has 0 saturated heterocycles. The van der Waals surface area contributed by atoms with E-state index >= 15 is 0 Å². The van der Waals surface area contributed by atoms with Gasteiger partial charge in [0, 0.05) is 11.1 Å². The van der Waals surface area contributed by atoms with E-state index in [2.05, 4.69) is 21.2 Å². The van der Waals surface area contributed by atoms with Crippen LogP contribution in [0.3, 0.4) is 0 Å². The van der Waals surface area contributed by atoms with Crippen molar-refractivity contribution in [3.8, 4) is 0 Å². The highest BCUT2D eigenvalue weighted by Gasteiger charge is 2.12. The third-order valence-electron chi connectivity index (χ3n) is 2.07. The molecule has 0 spiro atoms. The van der Waals surface area contributed by atoms with Crippen LogP contribution < -0.4 is 5.32 Å². The quantitative estimate of drug-likeness (QED) is 0.724. The number of benzene rings is 1. The molecule has 7 heteroatoms.